The van der Waals surface area contributed by atoms with Crippen LogP contribution in [0.3, 0.4) is 0 Å². The van der Waals surface area contributed by atoms with Gasteiger partial charge in [-0.1, -0.05) is 57.0 Å². The molecule has 1 N–H and O–H groups in total. The third-order valence-corrected chi connectivity index (χ3v) is 4.86. The molecule has 1 aromatic rings. The number of rotatable bonds is 7. The van der Waals surface area contributed by atoms with Crippen molar-refractivity contribution < 1.29 is 0 Å². The fourth-order valence-electron chi connectivity index (χ4n) is 3.90. The van der Waals surface area contributed by atoms with Gasteiger partial charge in [0.2, 0.25) is 0 Å². The van der Waals surface area contributed by atoms with Gasteiger partial charge in [-0.25, -0.2) is 0 Å². The Bertz CT molecular complexity index is 370. The van der Waals surface area contributed by atoms with Crippen LogP contribution in [0, 0.1) is 0 Å². The SMILES string of the molecule is CCC(C(NC)c1ccccc1)N(CC)C1CCCC1. The van der Waals surface area contributed by atoms with E-state index in [9.17, 15) is 0 Å². The summed E-state index contributed by atoms with van der Waals surface area (Å²) in [6, 6.07) is 12.7. The fourth-order valence-corrected chi connectivity index (χ4v) is 3.90. The highest BCUT2D eigenvalue weighted by Crippen LogP contribution is 2.30. The number of hydrogen-bond donors (Lipinski definition) is 1. The zero-order valence-electron chi connectivity index (χ0n) is 13.3. The molecule has 1 aliphatic rings. The summed E-state index contributed by atoms with van der Waals surface area (Å²) >= 11 is 0. The van der Waals surface area contributed by atoms with Crippen molar-refractivity contribution in [1.82, 2.24) is 10.2 Å². The van der Waals surface area contributed by atoms with E-state index in [0.29, 0.717) is 12.1 Å². The summed E-state index contributed by atoms with van der Waals surface area (Å²) < 4.78 is 0. The van der Waals surface area contributed by atoms with Crippen molar-refractivity contribution in [1.29, 1.82) is 0 Å². The lowest BCUT2D eigenvalue weighted by molar-refractivity contribution is 0.110. The Balaban J connectivity index is 2.19. The summed E-state index contributed by atoms with van der Waals surface area (Å²) in [4.78, 5) is 2.75. The number of nitrogens with zero attached hydrogens (tertiary/aromatic N) is 1. The Morgan fingerprint density at radius 3 is 2.30 bits per heavy atom. The van der Waals surface area contributed by atoms with Gasteiger partial charge in [-0.2, -0.15) is 0 Å². The maximum Gasteiger partial charge on any atom is 0.0475 e. The average Bonchev–Trinajstić information content (AvgIpc) is 3.02. The number of likely N-dealkylation sites (N-methyl/N-ethyl adjacent to an activating group) is 2. The van der Waals surface area contributed by atoms with Crippen molar-refractivity contribution in [3.8, 4) is 0 Å². The topological polar surface area (TPSA) is 15.3 Å². The summed E-state index contributed by atoms with van der Waals surface area (Å²) in [5.41, 5.74) is 1.42. The average molecular weight is 274 g/mol. The standard InChI is InChI=1S/C18H30N2/c1-4-17(20(5-2)16-13-9-10-14-16)18(19-3)15-11-7-6-8-12-15/h6-8,11-12,16-19H,4-5,9-10,13-14H2,1-3H3. The van der Waals surface area contributed by atoms with E-state index in [1.165, 1.54) is 37.7 Å². The van der Waals surface area contributed by atoms with Crippen molar-refractivity contribution in [2.75, 3.05) is 13.6 Å². The molecule has 1 saturated carbocycles. The predicted octanol–water partition coefficient (Wildman–Crippen LogP) is 3.99. The van der Waals surface area contributed by atoms with Gasteiger partial charge in [0, 0.05) is 18.1 Å². The van der Waals surface area contributed by atoms with E-state index in [4.69, 9.17) is 0 Å². The molecule has 0 radical (unpaired) electrons. The lowest BCUT2D eigenvalue weighted by Crippen LogP contribution is -2.47. The van der Waals surface area contributed by atoms with Crippen LogP contribution in [0.2, 0.25) is 0 Å². The fraction of sp³-hybridized carbons (Fsp3) is 0.667. The number of hydrogen-bond acceptors (Lipinski definition) is 2. The molecule has 2 atom stereocenters. The Hall–Kier alpha value is -0.860. The van der Waals surface area contributed by atoms with E-state index in [2.05, 4.69) is 61.4 Å². The van der Waals surface area contributed by atoms with Crippen LogP contribution >= 0.6 is 0 Å². The molecule has 2 unspecified atom stereocenters. The quantitative estimate of drug-likeness (QED) is 0.809. The third kappa shape index (κ3) is 3.42. The minimum absolute atomic E-state index is 0.432. The van der Waals surface area contributed by atoms with Crippen LogP contribution in [0.5, 0.6) is 0 Å². The second-order valence-corrected chi connectivity index (χ2v) is 5.92. The Labute approximate surface area is 124 Å². The first-order valence-corrected chi connectivity index (χ1v) is 8.29. The van der Waals surface area contributed by atoms with Gasteiger partial charge in [0.05, 0.1) is 0 Å². The van der Waals surface area contributed by atoms with Gasteiger partial charge >= 0.3 is 0 Å². The van der Waals surface area contributed by atoms with Crippen molar-refractivity contribution in [3.05, 3.63) is 35.9 Å². The molecule has 1 aromatic carbocycles. The molecule has 2 rings (SSSR count). The highest BCUT2D eigenvalue weighted by atomic mass is 15.2. The van der Waals surface area contributed by atoms with E-state index in [1.54, 1.807) is 0 Å². The van der Waals surface area contributed by atoms with E-state index >= 15 is 0 Å². The first-order valence-electron chi connectivity index (χ1n) is 8.29. The molecule has 112 valence electrons. The van der Waals surface area contributed by atoms with Crippen molar-refractivity contribution >= 4 is 0 Å². The molecule has 1 fully saturated rings. The molecule has 20 heavy (non-hydrogen) atoms. The number of benzene rings is 1. The van der Waals surface area contributed by atoms with Gasteiger partial charge in [-0.15, -0.1) is 0 Å². The normalized spacial score (nSPS) is 19.4. The van der Waals surface area contributed by atoms with Crippen LogP contribution in [0.1, 0.15) is 57.6 Å². The van der Waals surface area contributed by atoms with Gasteiger partial charge in [-0.3, -0.25) is 4.90 Å². The Kier molecular flexibility index (Phi) is 6.06. The summed E-state index contributed by atoms with van der Waals surface area (Å²) in [7, 11) is 2.10. The molecule has 0 spiro atoms. The Morgan fingerprint density at radius 1 is 1.15 bits per heavy atom. The van der Waals surface area contributed by atoms with Crippen LogP contribution in [-0.2, 0) is 0 Å². The zero-order valence-corrected chi connectivity index (χ0v) is 13.3. The summed E-state index contributed by atoms with van der Waals surface area (Å²) in [6.45, 7) is 5.81. The van der Waals surface area contributed by atoms with E-state index in [-0.39, 0.29) is 0 Å². The van der Waals surface area contributed by atoms with Crippen molar-refractivity contribution in [3.63, 3.8) is 0 Å². The largest absolute Gasteiger partial charge is 0.312 e. The van der Waals surface area contributed by atoms with Gasteiger partial charge < -0.3 is 5.32 Å². The minimum Gasteiger partial charge on any atom is -0.312 e. The van der Waals surface area contributed by atoms with Crippen LogP contribution in [-0.4, -0.2) is 30.6 Å². The third-order valence-electron chi connectivity index (χ3n) is 4.86. The van der Waals surface area contributed by atoms with Gasteiger partial charge in [-0.05, 0) is 38.4 Å². The second-order valence-electron chi connectivity index (χ2n) is 5.92. The molecule has 1 aliphatic carbocycles. The molecular weight excluding hydrogens is 244 g/mol. The molecule has 2 nitrogen and oxygen atoms in total. The van der Waals surface area contributed by atoms with E-state index in [0.717, 1.165) is 12.6 Å². The smallest absolute Gasteiger partial charge is 0.0475 e. The summed E-state index contributed by atoms with van der Waals surface area (Å²) in [5, 5.41) is 3.57. The zero-order chi connectivity index (χ0) is 14.4. The molecule has 0 aliphatic heterocycles. The van der Waals surface area contributed by atoms with Gasteiger partial charge in [0.15, 0.2) is 0 Å². The molecule has 2 heteroatoms. The monoisotopic (exact) mass is 274 g/mol. The molecule has 0 amide bonds. The molecule has 0 saturated heterocycles. The van der Waals surface area contributed by atoms with Gasteiger partial charge in [0.1, 0.15) is 0 Å². The maximum atomic E-state index is 3.57. The summed E-state index contributed by atoms with van der Waals surface area (Å²) in [5.74, 6) is 0. The summed E-state index contributed by atoms with van der Waals surface area (Å²) in [6.07, 6.45) is 6.79. The van der Waals surface area contributed by atoms with Gasteiger partial charge in [0.25, 0.3) is 0 Å². The van der Waals surface area contributed by atoms with Crippen LogP contribution in [0.4, 0.5) is 0 Å². The van der Waals surface area contributed by atoms with Crippen molar-refractivity contribution in [2.45, 2.75) is 64.1 Å². The highest BCUT2D eigenvalue weighted by Gasteiger charge is 2.31. The second kappa shape index (κ2) is 7.80. The first kappa shape index (κ1) is 15.5. The van der Waals surface area contributed by atoms with Crippen LogP contribution in [0.15, 0.2) is 30.3 Å². The lowest BCUT2D eigenvalue weighted by atomic mass is 9.94. The number of nitrogens with one attached hydrogen (secondary N) is 1. The molecule has 0 bridgehead atoms. The molecular formula is C18H30N2. The lowest BCUT2D eigenvalue weighted by Gasteiger charge is -2.40. The van der Waals surface area contributed by atoms with Crippen LogP contribution in [0.25, 0.3) is 0 Å². The Morgan fingerprint density at radius 2 is 1.80 bits per heavy atom. The van der Waals surface area contributed by atoms with Crippen LogP contribution < -0.4 is 5.32 Å². The highest BCUT2D eigenvalue weighted by molar-refractivity contribution is 5.20. The van der Waals surface area contributed by atoms with Crippen molar-refractivity contribution in [2.24, 2.45) is 0 Å². The molecule has 0 aromatic heterocycles. The first-order chi connectivity index (χ1) is 9.81. The minimum atomic E-state index is 0.432. The molecule has 0 heterocycles. The predicted molar refractivity (Wildman–Crippen MR) is 87.0 cm³/mol. The van der Waals surface area contributed by atoms with E-state index in [1.807, 2.05) is 0 Å². The van der Waals surface area contributed by atoms with E-state index < -0.39 is 0 Å². The maximum absolute atomic E-state index is 3.57.